The fourth-order valence-electron chi connectivity index (χ4n) is 5.95. The first-order valence-electron chi connectivity index (χ1n) is 13.6. The summed E-state index contributed by atoms with van der Waals surface area (Å²) < 4.78 is 0. The maximum Gasteiger partial charge on any atom is 0.254 e. The van der Waals surface area contributed by atoms with Gasteiger partial charge in [-0.1, -0.05) is 31.7 Å². The molecule has 9 nitrogen and oxygen atoms in total. The van der Waals surface area contributed by atoms with Crippen LogP contribution in [0.3, 0.4) is 0 Å². The van der Waals surface area contributed by atoms with Gasteiger partial charge in [-0.3, -0.25) is 14.6 Å². The zero-order valence-electron chi connectivity index (χ0n) is 22.9. The number of rotatable bonds is 6. The van der Waals surface area contributed by atoms with Crippen LogP contribution in [0.2, 0.25) is 0 Å². The number of aromatic nitrogens is 2. The molecule has 0 spiro atoms. The second kappa shape index (κ2) is 12.4. The molecule has 5 rings (SSSR count). The number of anilines is 3. The third-order valence-electron chi connectivity index (χ3n) is 7.99. The van der Waals surface area contributed by atoms with Crippen LogP contribution >= 0.6 is 0 Å². The monoisotopic (exact) mass is 543 g/mol. The van der Waals surface area contributed by atoms with Crippen LogP contribution in [0.4, 0.5) is 17.2 Å². The number of para-hydroxylation sites is 1. The number of aryl methyl sites for hydroxylation is 2. The smallest absolute Gasteiger partial charge is 0.254 e. The Hall–Kier alpha value is -4.14. The summed E-state index contributed by atoms with van der Waals surface area (Å²) in [5, 5.41) is 3.75. The average molecular weight is 544 g/mol. The Labute approximate surface area is 237 Å². The molecule has 2 aliphatic heterocycles. The second-order valence-corrected chi connectivity index (χ2v) is 10.6. The predicted molar refractivity (Wildman–Crippen MR) is 161 cm³/mol. The lowest BCUT2D eigenvalue weighted by Crippen LogP contribution is -2.59. The highest BCUT2D eigenvalue weighted by Gasteiger charge is 2.35. The van der Waals surface area contributed by atoms with Gasteiger partial charge in [-0.15, -0.1) is 0 Å². The van der Waals surface area contributed by atoms with Crippen molar-refractivity contribution >= 4 is 29.0 Å². The summed E-state index contributed by atoms with van der Waals surface area (Å²) in [6, 6.07) is 11.6. The number of hydrogen-bond acceptors (Lipinski definition) is 7. The number of piperidine rings is 1. The molecule has 3 heterocycles. The van der Waals surface area contributed by atoms with Crippen molar-refractivity contribution in [2.24, 2.45) is 5.73 Å². The van der Waals surface area contributed by atoms with E-state index in [4.69, 9.17) is 5.73 Å². The number of amides is 2. The van der Waals surface area contributed by atoms with E-state index in [0.29, 0.717) is 24.7 Å². The number of carbonyl (C=O) groups is 2. The Morgan fingerprint density at radius 2 is 1.70 bits per heavy atom. The first-order valence-corrected chi connectivity index (χ1v) is 13.6. The molecule has 0 bridgehead atoms. The zero-order chi connectivity index (χ0) is 27.5. The molecule has 9 heteroatoms. The van der Waals surface area contributed by atoms with Crippen molar-refractivity contribution in [2.45, 2.75) is 53.1 Å². The van der Waals surface area contributed by atoms with Crippen molar-refractivity contribution in [1.29, 1.82) is 0 Å². The predicted octanol–water partition coefficient (Wildman–Crippen LogP) is 3.94. The van der Waals surface area contributed by atoms with Gasteiger partial charge in [0.25, 0.3) is 5.91 Å². The van der Waals surface area contributed by atoms with E-state index in [9.17, 15) is 9.59 Å². The molecular weight excluding hydrogens is 502 g/mol. The van der Waals surface area contributed by atoms with E-state index in [0.717, 1.165) is 59.8 Å². The minimum Gasteiger partial charge on any atom is -0.382 e. The molecule has 2 aromatic carbocycles. The number of hydrogen-bond donors (Lipinski definition) is 2. The van der Waals surface area contributed by atoms with Gasteiger partial charge >= 0.3 is 0 Å². The first kappa shape index (κ1) is 28.9. The standard InChI is InChI=1S/C30H37N7O2.CH4/c1-20-17-21(2)28(34-23-9-13-35(14-10-23)26-18-32-11-12-33-26)22(3)27(20)30(39)36-15-16-37(25(19-36)29(31)38)24-7-5-4-6-8-24;/h4-8,11-12,17-18,23,25,34H,9-10,13-16,19H2,1-3H3,(H2,31,38);1H4/t25-;/m1./s1. The maximum atomic E-state index is 13.9. The first-order chi connectivity index (χ1) is 18.8. The molecule has 2 fully saturated rings. The topological polar surface area (TPSA) is 108 Å². The molecule has 0 unspecified atom stereocenters. The van der Waals surface area contributed by atoms with Gasteiger partial charge in [-0.25, -0.2) is 4.98 Å². The highest BCUT2D eigenvalue weighted by molar-refractivity contribution is 5.99. The molecule has 1 aromatic heterocycles. The molecule has 2 amide bonds. The minimum absolute atomic E-state index is 0. The number of nitrogens with one attached hydrogen (secondary N) is 1. The van der Waals surface area contributed by atoms with Crippen molar-refractivity contribution in [1.82, 2.24) is 14.9 Å². The molecule has 1 atom stereocenters. The molecule has 0 aliphatic carbocycles. The molecular formula is C31H41N7O2. The van der Waals surface area contributed by atoms with Crippen LogP contribution in [0.15, 0.2) is 55.0 Å². The minimum atomic E-state index is -0.576. The third-order valence-corrected chi connectivity index (χ3v) is 7.99. The van der Waals surface area contributed by atoms with E-state index in [1.165, 1.54) is 0 Å². The Morgan fingerprint density at radius 3 is 2.35 bits per heavy atom. The van der Waals surface area contributed by atoms with Crippen molar-refractivity contribution in [3.63, 3.8) is 0 Å². The molecule has 0 saturated carbocycles. The highest BCUT2D eigenvalue weighted by atomic mass is 16.2. The molecule has 3 N–H and O–H groups in total. The van der Waals surface area contributed by atoms with Crippen LogP contribution in [0.1, 0.15) is 47.3 Å². The van der Waals surface area contributed by atoms with Crippen LogP contribution in [-0.4, -0.2) is 71.5 Å². The van der Waals surface area contributed by atoms with E-state index >= 15 is 0 Å². The summed E-state index contributed by atoms with van der Waals surface area (Å²) in [6.45, 7) is 9.22. The Balaban J connectivity index is 0.00000370. The Kier molecular flexibility index (Phi) is 8.92. The lowest BCUT2D eigenvalue weighted by Gasteiger charge is -2.41. The van der Waals surface area contributed by atoms with Crippen molar-refractivity contribution < 1.29 is 9.59 Å². The van der Waals surface area contributed by atoms with Gasteiger partial charge in [0.1, 0.15) is 11.9 Å². The third kappa shape index (κ3) is 5.88. The van der Waals surface area contributed by atoms with Crippen LogP contribution in [0, 0.1) is 20.8 Å². The van der Waals surface area contributed by atoms with E-state index < -0.39 is 11.9 Å². The SMILES string of the molecule is C.Cc1cc(C)c(C(=O)N2CCN(c3ccccc3)[C@@H](C(N)=O)C2)c(C)c1NC1CCN(c2cnccn2)CC1. The maximum absolute atomic E-state index is 13.9. The van der Waals surface area contributed by atoms with Crippen LogP contribution in [0.25, 0.3) is 0 Å². The molecule has 3 aromatic rings. The molecule has 2 aliphatic rings. The van der Waals surface area contributed by atoms with Crippen molar-refractivity contribution in [3.05, 3.63) is 77.2 Å². The quantitative estimate of drug-likeness (QED) is 0.485. The fraction of sp³-hybridized carbons (Fsp3) is 0.419. The van der Waals surface area contributed by atoms with Crippen molar-refractivity contribution in [3.8, 4) is 0 Å². The molecule has 40 heavy (non-hydrogen) atoms. The average Bonchev–Trinajstić information content (AvgIpc) is 2.96. The Morgan fingerprint density at radius 1 is 0.975 bits per heavy atom. The van der Waals surface area contributed by atoms with Gasteiger partial charge in [-0.2, -0.15) is 0 Å². The van der Waals surface area contributed by atoms with Gasteiger partial charge in [0, 0.05) is 61.6 Å². The van der Waals surface area contributed by atoms with E-state index in [1.54, 1.807) is 17.3 Å². The van der Waals surface area contributed by atoms with Gasteiger partial charge in [0.15, 0.2) is 0 Å². The number of carbonyl (C=O) groups excluding carboxylic acids is 2. The van der Waals surface area contributed by atoms with Crippen LogP contribution < -0.4 is 20.9 Å². The number of nitrogens with two attached hydrogens (primary N) is 1. The summed E-state index contributed by atoms with van der Waals surface area (Å²) in [6.07, 6.45) is 7.16. The summed E-state index contributed by atoms with van der Waals surface area (Å²) in [5.41, 5.74) is 11.5. The number of benzene rings is 2. The normalized spacial score (nSPS) is 17.8. The van der Waals surface area contributed by atoms with Crippen LogP contribution in [0.5, 0.6) is 0 Å². The van der Waals surface area contributed by atoms with E-state index in [-0.39, 0.29) is 19.9 Å². The van der Waals surface area contributed by atoms with Crippen molar-refractivity contribution in [2.75, 3.05) is 47.8 Å². The zero-order valence-corrected chi connectivity index (χ0v) is 22.9. The number of piperazine rings is 1. The number of primary amides is 1. The summed E-state index contributed by atoms with van der Waals surface area (Å²) in [4.78, 5) is 41.0. The molecule has 0 radical (unpaired) electrons. The summed E-state index contributed by atoms with van der Waals surface area (Å²) in [5.74, 6) is 0.432. The van der Waals surface area contributed by atoms with Gasteiger partial charge in [0.2, 0.25) is 5.91 Å². The lowest BCUT2D eigenvalue weighted by atomic mass is 9.94. The lowest BCUT2D eigenvalue weighted by molar-refractivity contribution is -0.119. The Bertz CT molecular complexity index is 1320. The molecule has 2 saturated heterocycles. The summed E-state index contributed by atoms with van der Waals surface area (Å²) >= 11 is 0. The van der Waals surface area contributed by atoms with Gasteiger partial charge in [-0.05, 0) is 62.4 Å². The van der Waals surface area contributed by atoms with Crippen LogP contribution in [-0.2, 0) is 4.79 Å². The summed E-state index contributed by atoms with van der Waals surface area (Å²) in [7, 11) is 0. The van der Waals surface area contributed by atoms with Gasteiger partial charge < -0.3 is 25.8 Å². The number of nitrogens with zero attached hydrogens (tertiary/aromatic N) is 5. The van der Waals surface area contributed by atoms with E-state index in [1.807, 2.05) is 55.3 Å². The fourth-order valence-corrected chi connectivity index (χ4v) is 5.95. The highest BCUT2D eigenvalue weighted by Crippen LogP contribution is 2.31. The van der Waals surface area contributed by atoms with Gasteiger partial charge in [0.05, 0.1) is 12.7 Å². The van der Waals surface area contributed by atoms with E-state index in [2.05, 4.69) is 33.2 Å². The largest absolute Gasteiger partial charge is 0.382 e. The molecule has 212 valence electrons. The second-order valence-electron chi connectivity index (χ2n) is 10.6.